The fraction of sp³-hybridized carbons (Fsp3) is 0.234. The van der Waals surface area contributed by atoms with Crippen molar-refractivity contribution in [3.05, 3.63) is 166 Å². The van der Waals surface area contributed by atoms with E-state index in [0.717, 1.165) is 64.3 Å². The molecule has 0 radical (unpaired) electrons. The summed E-state index contributed by atoms with van der Waals surface area (Å²) in [5.41, 5.74) is 6.65. The van der Waals surface area contributed by atoms with E-state index in [0.29, 0.717) is 0 Å². The summed E-state index contributed by atoms with van der Waals surface area (Å²) in [4.78, 5) is 2.68. The fourth-order valence-electron chi connectivity index (χ4n) is 10.0. The van der Waals surface area contributed by atoms with Gasteiger partial charge in [0.2, 0.25) is 0 Å². The molecule has 0 spiro atoms. The highest BCUT2D eigenvalue weighted by molar-refractivity contribution is 8.33. The van der Waals surface area contributed by atoms with Gasteiger partial charge in [0.1, 0.15) is 11.2 Å². The van der Waals surface area contributed by atoms with Gasteiger partial charge in [-0.05, 0) is 134 Å². The molecular formula is C47H42O2S. The van der Waals surface area contributed by atoms with E-state index in [4.69, 9.17) is 0 Å². The van der Waals surface area contributed by atoms with Gasteiger partial charge in [0.05, 0.1) is 0 Å². The largest absolute Gasteiger partial charge is 0.380 e. The van der Waals surface area contributed by atoms with Crippen molar-refractivity contribution >= 4 is 31.6 Å². The molecule has 4 unspecified atom stereocenters. The average molecular weight is 671 g/mol. The number of fused-ring (bicyclic) bond motifs is 8. The third-order valence-electron chi connectivity index (χ3n) is 12.5. The van der Waals surface area contributed by atoms with Gasteiger partial charge in [-0.15, -0.1) is 0 Å². The lowest BCUT2D eigenvalue weighted by Gasteiger charge is -2.51. The Hall–Kier alpha value is -4.41. The second-order valence-corrected chi connectivity index (χ2v) is 18.9. The summed E-state index contributed by atoms with van der Waals surface area (Å²) in [5.74, 6) is -0.141. The topological polar surface area (TPSA) is 40.5 Å². The number of hydrogen-bond donors (Lipinski definition) is 2. The molecule has 2 nitrogen and oxygen atoms in total. The van der Waals surface area contributed by atoms with Crippen molar-refractivity contribution < 1.29 is 10.2 Å². The first-order valence-corrected chi connectivity index (χ1v) is 20.5. The van der Waals surface area contributed by atoms with Crippen molar-refractivity contribution in [2.75, 3.05) is 12.5 Å². The van der Waals surface area contributed by atoms with Crippen LogP contribution in [-0.2, 0) is 11.2 Å². The Kier molecular flexibility index (Phi) is 6.42. The zero-order chi connectivity index (χ0) is 34.0. The third kappa shape index (κ3) is 3.94. The van der Waals surface area contributed by atoms with Crippen LogP contribution < -0.4 is 0 Å². The molecule has 3 heteroatoms. The predicted molar refractivity (Wildman–Crippen MR) is 209 cm³/mol. The summed E-state index contributed by atoms with van der Waals surface area (Å²) in [7, 11) is -1.47. The molecule has 1 heterocycles. The smallest absolute Gasteiger partial charge is 0.137 e. The molecule has 0 saturated heterocycles. The highest BCUT2D eigenvalue weighted by atomic mass is 32.3. The molecule has 4 aliphatic carbocycles. The van der Waals surface area contributed by atoms with Crippen LogP contribution in [0.1, 0.15) is 49.3 Å². The van der Waals surface area contributed by atoms with Gasteiger partial charge in [0.25, 0.3) is 0 Å². The first kappa shape index (κ1) is 30.4. The zero-order valence-electron chi connectivity index (χ0n) is 28.9. The molecule has 5 aliphatic rings. The van der Waals surface area contributed by atoms with Crippen LogP contribution in [0, 0.1) is 11.8 Å². The Labute approximate surface area is 296 Å². The number of benzene rings is 5. The molecule has 0 amide bonds. The van der Waals surface area contributed by atoms with Crippen LogP contribution >= 0.6 is 10.0 Å². The summed E-state index contributed by atoms with van der Waals surface area (Å²) in [6.07, 6.45) is 22.0. The fourth-order valence-corrected chi connectivity index (χ4v) is 12.8. The van der Waals surface area contributed by atoms with Gasteiger partial charge in [-0.2, -0.15) is 10.0 Å². The van der Waals surface area contributed by atoms with Crippen molar-refractivity contribution in [3.8, 4) is 11.1 Å². The molecule has 5 aromatic carbocycles. The second-order valence-electron chi connectivity index (χ2n) is 15.4. The van der Waals surface area contributed by atoms with E-state index in [1.54, 1.807) is 0 Å². The SMILES string of the molecule is CC1CC=CC2=C1C(O)(c1ccc3ccccc3c1)c1cc3c(cc1C2(O)C1C=C2C=CCCC2=CC1)-c1ccc2ccccc2c1S3(C)C. The lowest BCUT2D eigenvalue weighted by Crippen LogP contribution is -2.49. The first-order valence-electron chi connectivity index (χ1n) is 18.1. The Bertz CT molecular complexity index is 2470. The maximum atomic E-state index is 13.8. The van der Waals surface area contributed by atoms with E-state index in [2.05, 4.69) is 147 Å². The monoisotopic (exact) mass is 670 g/mol. The van der Waals surface area contributed by atoms with Crippen molar-refractivity contribution in [1.29, 1.82) is 0 Å². The van der Waals surface area contributed by atoms with Crippen LogP contribution in [0.2, 0.25) is 0 Å². The maximum absolute atomic E-state index is 13.8. The van der Waals surface area contributed by atoms with E-state index in [9.17, 15) is 10.2 Å². The maximum Gasteiger partial charge on any atom is 0.137 e. The quantitative estimate of drug-likeness (QED) is 0.196. The molecule has 0 aromatic heterocycles. The van der Waals surface area contributed by atoms with E-state index in [1.807, 2.05) is 0 Å². The van der Waals surface area contributed by atoms with Crippen molar-refractivity contribution in [2.24, 2.45) is 11.8 Å². The van der Waals surface area contributed by atoms with Gasteiger partial charge >= 0.3 is 0 Å². The molecular weight excluding hydrogens is 629 g/mol. The normalized spacial score (nSPS) is 27.9. The Morgan fingerprint density at radius 3 is 2.38 bits per heavy atom. The van der Waals surface area contributed by atoms with E-state index in [-0.39, 0.29) is 11.8 Å². The standard InChI is InChI=1S/C47H42O2S/c1-29-11-10-18-40-44(29)47(49,36-23-20-31-13-5-7-16-34(31)26-36)42-28-43-39(38-24-21-32-14-8-9-17-37(32)45(38)50(43,2)3)27-41(42)46(40,48)35-22-19-30-12-4-6-15-33(30)25-35/h5-10,13-21,23-29,35,48-49H,4,11-12,22H2,1-3H3. The number of rotatable bonds is 2. The van der Waals surface area contributed by atoms with Crippen molar-refractivity contribution in [3.63, 3.8) is 0 Å². The lowest BCUT2D eigenvalue weighted by atomic mass is 9.57. The molecule has 4 atom stereocenters. The van der Waals surface area contributed by atoms with Crippen LogP contribution in [-0.4, -0.2) is 22.7 Å². The van der Waals surface area contributed by atoms with Crippen LogP contribution in [0.25, 0.3) is 32.7 Å². The first-order chi connectivity index (χ1) is 24.2. The van der Waals surface area contributed by atoms with E-state index in [1.165, 1.54) is 42.8 Å². The lowest BCUT2D eigenvalue weighted by molar-refractivity contribution is 0.00940. The summed E-state index contributed by atoms with van der Waals surface area (Å²) in [6.45, 7) is 2.22. The Morgan fingerprint density at radius 2 is 1.52 bits per heavy atom. The summed E-state index contributed by atoms with van der Waals surface area (Å²) >= 11 is 0. The van der Waals surface area contributed by atoms with Gasteiger partial charge in [-0.25, -0.2) is 0 Å². The van der Waals surface area contributed by atoms with Gasteiger partial charge in [0, 0.05) is 15.7 Å². The molecule has 10 rings (SSSR count). The van der Waals surface area contributed by atoms with Crippen molar-refractivity contribution in [1.82, 2.24) is 0 Å². The van der Waals surface area contributed by atoms with Crippen LogP contribution in [0.5, 0.6) is 0 Å². The van der Waals surface area contributed by atoms with Crippen molar-refractivity contribution in [2.45, 2.75) is 53.6 Å². The van der Waals surface area contributed by atoms with Crippen LogP contribution in [0.4, 0.5) is 0 Å². The molecule has 0 saturated carbocycles. The summed E-state index contributed by atoms with van der Waals surface area (Å²) < 4.78 is 0. The highest BCUT2D eigenvalue weighted by Crippen LogP contribution is 2.71. The Morgan fingerprint density at radius 1 is 0.740 bits per heavy atom. The van der Waals surface area contributed by atoms with Crippen LogP contribution in [0.15, 0.2) is 160 Å². The Balaban J connectivity index is 1.31. The van der Waals surface area contributed by atoms with Crippen LogP contribution in [0.3, 0.4) is 0 Å². The van der Waals surface area contributed by atoms with Gasteiger partial charge in [-0.1, -0.05) is 116 Å². The van der Waals surface area contributed by atoms with Gasteiger partial charge in [-0.3, -0.25) is 0 Å². The second kappa shape index (κ2) is 10.6. The van der Waals surface area contributed by atoms with E-state index >= 15 is 0 Å². The molecule has 248 valence electrons. The van der Waals surface area contributed by atoms with Gasteiger partial charge < -0.3 is 10.2 Å². The molecule has 5 aromatic rings. The summed E-state index contributed by atoms with van der Waals surface area (Å²) in [6, 6.07) is 32.7. The molecule has 50 heavy (non-hydrogen) atoms. The molecule has 1 aliphatic heterocycles. The highest BCUT2D eigenvalue weighted by Gasteiger charge is 2.56. The van der Waals surface area contributed by atoms with Gasteiger partial charge in [0.15, 0.2) is 0 Å². The van der Waals surface area contributed by atoms with E-state index < -0.39 is 21.2 Å². The molecule has 2 N–H and O–H groups in total. The predicted octanol–water partition coefficient (Wildman–Crippen LogP) is 11.0. The summed E-state index contributed by atoms with van der Waals surface area (Å²) in [5, 5.41) is 32.4. The molecule has 0 fully saturated rings. The third-order valence-corrected chi connectivity index (χ3v) is 15.4. The number of allylic oxidation sites excluding steroid dienone is 6. The number of aliphatic hydroxyl groups is 2. The molecule has 0 bridgehead atoms. The minimum absolute atomic E-state index is 0.0396. The zero-order valence-corrected chi connectivity index (χ0v) is 29.7. The minimum Gasteiger partial charge on any atom is -0.380 e. The minimum atomic E-state index is -1.47. The average Bonchev–Trinajstić information content (AvgIpc) is 3.38. The number of hydrogen-bond acceptors (Lipinski definition) is 2.